The normalized spacial score (nSPS) is 14.2. The van der Waals surface area contributed by atoms with Crippen molar-refractivity contribution in [1.29, 1.82) is 0 Å². The van der Waals surface area contributed by atoms with Crippen molar-refractivity contribution in [1.82, 2.24) is 0 Å². The Balaban J connectivity index is 3.20. The highest BCUT2D eigenvalue weighted by Crippen LogP contribution is 2.31. The van der Waals surface area contributed by atoms with Crippen LogP contribution in [0.2, 0.25) is 0 Å². The van der Waals surface area contributed by atoms with Crippen LogP contribution in [0.3, 0.4) is 0 Å². The van der Waals surface area contributed by atoms with Gasteiger partial charge in [0.05, 0.1) is 13.0 Å². The molecule has 0 saturated carbocycles. The fraction of sp³-hybridized carbons (Fsp3) is 0.462. The summed E-state index contributed by atoms with van der Waals surface area (Å²) in [5.41, 5.74) is 8.89. The number of aliphatic carboxylic acids is 1. The highest BCUT2D eigenvalue weighted by Gasteiger charge is 2.24. The second-order valence-electron chi connectivity index (χ2n) is 4.33. The summed E-state index contributed by atoms with van der Waals surface area (Å²) in [6, 6.07) is 3.22. The zero-order valence-electron chi connectivity index (χ0n) is 10.7. The van der Waals surface area contributed by atoms with Crippen molar-refractivity contribution in [2.45, 2.75) is 26.8 Å². The van der Waals surface area contributed by atoms with Gasteiger partial charge in [-0.25, -0.2) is 0 Å². The SMILES string of the molecule is COc1cc(C)c(C)cc1C(N)C(C)C(=O)O. The van der Waals surface area contributed by atoms with Gasteiger partial charge in [-0.2, -0.15) is 0 Å². The van der Waals surface area contributed by atoms with Crippen LogP contribution in [0.15, 0.2) is 12.1 Å². The third-order valence-corrected chi connectivity index (χ3v) is 3.13. The summed E-state index contributed by atoms with van der Waals surface area (Å²) in [6.07, 6.45) is 0. The Morgan fingerprint density at radius 3 is 2.35 bits per heavy atom. The van der Waals surface area contributed by atoms with Gasteiger partial charge in [-0.1, -0.05) is 13.0 Å². The maximum absolute atomic E-state index is 10.9. The molecule has 2 unspecified atom stereocenters. The number of nitrogens with two attached hydrogens (primary N) is 1. The maximum atomic E-state index is 10.9. The first kappa shape index (κ1) is 13.5. The van der Waals surface area contributed by atoms with E-state index in [4.69, 9.17) is 15.6 Å². The van der Waals surface area contributed by atoms with Crippen LogP contribution in [0.4, 0.5) is 0 Å². The van der Waals surface area contributed by atoms with Gasteiger partial charge in [0.1, 0.15) is 5.75 Å². The molecule has 0 amide bonds. The first-order valence-corrected chi connectivity index (χ1v) is 5.52. The second kappa shape index (κ2) is 5.19. The molecule has 0 saturated heterocycles. The molecule has 0 heterocycles. The molecule has 0 aliphatic rings. The molecule has 0 radical (unpaired) electrons. The molecule has 0 spiro atoms. The highest BCUT2D eigenvalue weighted by atomic mass is 16.5. The van der Waals surface area contributed by atoms with E-state index in [1.807, 2.05) is 26.0 Å². The van der Waals surface area contributed by atoms with E-state index in [0.29, 0.717) is 5.75 Å². The number of carboxylic acids is 1. The fourth-order valence-corrected chi connectivity index (χ4v) is 1.67. The molecule has 4 nitrogen and oxygen atoms in total. The predicted molar refractivity (Wildman–Crippen MR) is 66.2 cm³/mol. The Morgan fingerprint density at radius 1 is 1.35 bits per heavy atom. The number of aryl methyl sites for hydroxylation is 2. The van der Waals surface area contributed by atoms with E-state index in [1.54, 1.807) is 14.0 Å². The molecular formula is C13H19NO3. The summed E-state index contributed by atoms with van der Waals surface area (Å²) in [6.45, 7) is 5.55. The van der Waals surface area contributed by atoms with Crippen LogP contribution in [0.1, 0.15) is 29.7 Å². The first-order chi connectivity index (χ1) is 7.88. The second-order valence-corrected chi connectivity index (χ2v) is 4.33. The molecule has 0 aromatic heterocycles. The van der Waals surface area contributed by atoms with Crippen LogP contribution in [0, 0.1) is 19.8 Å². The lowest BCUT2D eigenvalue weighted by Gasteiger charge is -2.20. The number of ether oxygens (including phenoxy) is 1. The van der Waals surface area contributed by atoms with E-state index in [0.717, 1.165) is 16.7 Å². The van der Waals surface area contributed by atoms with Crippen LogP contribution in [0.25, 0.3) is 0 Å². The Kier molecular flexibility index (Phi) is 4.12. The summed E-state index contributed by atoms with van der Waals surface area (Å²) in [5.74, 6) is -0.905. The van der Waals surface area contributed by atoms with Crippen molar-refractivity contribution in [2.24, 2.45) is 11.7 Å². The summed E-state index contributed by atoms with van der Waals surface area (Å²) >= 11 is 0. The molecule has 0 fully saturated rings. The van der Waals surface area contributed by atoms with Gasteiger partial charge in [0.25, 0.3) is 0 Å². The average Bonchev–Trinajstić information content (AvgIpc) is 2.29. The van der Waals surface area contributed by atoms with Crippen LogP contribution in [-0.4, -0.2) is 18.2 Å². The largest absolute Gasteiger partial charge is 0.496 e. The summed E-state index contributed by atoms with van der Waals surface area (Å²) in [5, 5.41) is 8.98. The van der Waals surface area contributed by atoms with E-state index < -0.39 is 17.9 Å². The standard InChI is InChI=1S/C13H19NO3/c1-7-5-10(11(17-4)6-8(7)2)12(14)9(3)13(15)16/h5-6,9,12H,14H2,1-4H3,(H,15,16). The lowest BCUT2D eigenvalue weighted by molar-refractivity contribution is -0.141. The van der Waals surface area contributed by atoms with Gasteiger partial charge in [-0.3, -0.25) is 4.79 Å². The van der Waals surface area contributed by atoms with Crippen LogP contribution < -0.4 is 10.5 Å². The maximum Gasteiger partial charge on any atom is 0.308 e. The number of hydrogen-bond donors (Lipinski definition) is 2. The van der Waals surface area contributed by atoms with Crippen LogP contribution in [-0.2, 0) is 4.79 Å². The van der Waals surface area contributed by atoms with Gasteiger partial charge >= 0.3 is 5.97 Å². The molecule has 1 rings (SSSR count). The monoisotopic (exact) mass is 237 g/mol. The van der Waals surface area contributed by atoms with Gasteiger partial charge in [-0.15, -0.1) is 0 Å². The highest BCUT2D eigenvalue weighted by molar-refractivity contribution is 5.71. The third kappa shape index (κ3) is 2.77. The number of carbonyl (C=O) groups is 1. The van der Waals surface area contributed by atoms with Crippen molar-refractivity contribution in [2.75, 3.05) is 7.11 Å². The Labute approximate surface area is 101 Å². The van der Waals surface area contributed by atoms with Crippen molar-refractivity contribution < 1.29 is 14.6 Å². The molecule has 1 aromatic rings. The van der Waals surface area contributed by atoms with E-state index >= 15 is 0 Å². The number of hydrogen-bond acceptors (Lipinski definition) is 3. The van der Waals surface area contributed by atoms with E-state index in [-0.39, 0.29) is 0 Å². The van der Waals surface area contributed by atoms with Gasteiger partial charge in [-0.05, 0) is 31.0 Å². The molecule has 0 aliphatic carbocycles. The molecule has 1 aromatic carbocycles. The quantitative estimate of drug-likeness (QED) is 0.840. The number of rotatable bonds is 4. The molecular weight excluding hydrogens is 218 g/mol. The molecule has 17 heavy (non-hydrogen) atoms. The molecule has 3 N–H and O–H groups in total. The summed E-state index contributed by atoms with van der Waals surface area (Å²) in [4.78, 5) is 10.9. The zero-order valence-corrected chi connectivity index (χ0v) is 10.7. The molecule has 94 valence electrons. The first-order valence-electron chi connectivity index (χ1n) is 5.52. The predicted octanol–water partition coefficient (Wildman–Crippen LogP) is 2.03. The fourth-order valence-electron chi connectivity index (χ4n) is 1.67. The van der Waals surface area contributed by atoms with Gasteiger partial charge in [0.15, 0.2) is 0 Å². The summed E-state index contributed by atoms with van der Waals surface area (Å²) in [7, 11) is 1.56. The summed E-state index contributed by atoms with van der Waals surface area (Å²) < 4.78 is 5.26. The van der Waals surface area contributed by atoms with Crippen molar-refractivity contribution in [3.63, 3.8) is 0 Å². The number of benzene rings is 1. The lowest BCUT2D eigenvalue weighted by atomic mass is 9.92. The van der Waals surface area contributed by atoms with Gasteiger partial charge < -0.3 is 15.6 Å². The van der Waals surface area contributed by atoms with E-state index in [2.05, 4.69) is 0 Å². The molecule has 4 heteroatoms. The number of carboxylic acid groups (broad SMARTS) is 1. The Hall–Kier alpha value is -1.55. The Bertz CT molecular complexity index is 429. The molecule has 0 bridgehead atoms. The minimum atomic E-state index is -0.905. The van der Waals surface area contributed by atoms with Crippen molar-refractivity contribution in [3.05, 3.63) is 28.8 Å². The minimum Gasteiger partial charge on any atom is -0.496 e. The molecule has 0 aliphatic heterocycles. The lowest BCUT2D eigenvalue weighted by Crippen LogP contribution is -2.26. The van der Waals surface area contributed by atoms with Crippen LogP contribution >= 0.6 is 0 Å². The average molecular weight is 237 g/mol. The van der Waals surface area contributed by atoms with Crippen molar-refractivity contribution in [3.8, 4) is 5.75 Å². The Morgan fingerprint density at radius 2 is 1.88 bits per heavy atom. The van der Waals surface area contributed by atoms with Crippen molar-refractivity contribution >= 4 is 5.97 Å². The topological polar surface area (TPSA) is 72.5 Å². The van der Waals surface area contributed by atoms with E-state index in [9.17, 15) is 4.79 Å². The van der Waals surface area contributed by atoms with Gasteiger partial charge in [0, 0.05) is 11.6 Å². The minimum absolute atomic E-state index is 0.568. The number of methoxy groups -OCH3 is 1. The molecule has 2 atom stereocenters. The third-order valence-electron chi connectivity index (χ3n) is 3.13. The van der Waals surface area contributed by atoms with Gasteiger partial charge in [0.2, 0.25) is 0 Å². The zero-order chi connectivity index (χ0) is 13.2. The van der Waals surface area contributed by atoms with E-state index in [1.165, 1.54) is 0 Å². The smallest absolute Gasteiger partial charge is 0.308 e. The van der Waals surface area contributed by atoms with Crippen LogP contribution in [0.5, 0.6) is 5.75 Å².